The molecule has 0 spiro atoms. The van der Waals surface area contributed by atoms with Gasteiger partial charge in [0.15, 0.2) is 5.78 Å². The van der Waals surface area contributed by atoms with Crippen LogP contribution in [0.1, 0.15) is 82.1 Å². The number of fused-ring (bicyclic) bond motifs is 1. The smallest absolute Gasteiger partial charge is 0.416 e. The summed E-state index contributed by atoms with van der Waals surface area (Å²) in [5.41, 5.74) is 4.81. The Morgan fingerprint density at radius 1 is 1.25 bits per heavy atom. The van der Waals surface area contributed by atoms with E-state index in [-0.39, 0.29) is 54.1 Å². The Bertz CT molecular complexity index is 1790. The number of carbonyl (C=O) groups excluding carboxylic acids is 2. The molecular formula is C43H47F4NO3. The Kier molecular flexibility index (Phi) is 12.8. The molecule has 3 unspecified atom stereocenters. The third-order valence-electron chi connectivity index (χ3n) is 10.4. The highest BCUT2D eigenvalue weighted by Gasteiger charge is 2.49. The van der Waals surface area contributed by atoms with E-state index in [1.54, 1.807) is 31.2 Å². The van der Waals surface area contributed by atoms with Crippen LogP contribution in [-0.2, 0) is 4.79 Å². The van der Waals surface area contributed by atoms with Crippen LogP contribution in [-0.4, -0.2) is 36.2 Å². The first-order chi connectivity index (χ1) is 24.2. The molecule has 0 aliphatic heterocycles. The fourth-order valence-corrected chi connectivity index (χ4v) is 7.53. The molecule has 0 saturated heterocycles. The molecule has 0 bridgehead atoms. The molecular weight excluding hydrogens is 654 g/mol. The summed E-state index contributed by atoms with van der Waals surface area (Å²) in [6, 6.07) is 4.88. The van der Waals surface area contributed by atoms with E-state index in [1.807, 2.05) is 39.0 Å². The molecule has 0 radical (unpaired) electrons. The summed E-state index contributed by atoms with van der Waals surface area (Å²) in [4.78, 5) is 26.6. The van der Waals surface area contributed by atoms with Crippen LogP contribution in [0.4, 0.5) is 17.6 Å². The molecule has 2 fully saturated rings. The first-order valence-corrected chi connectivity index (χ1v) is 17.5. The van der Waals surface area contributed by atoms with E-state index in [1.165, 1.54) is 12.2 Å². The predicted octanol–water partition coefficient (Wildman–Crippen LogP) is 11.2. The van der Waals surface area contributed by atoms with Crippen LogP contribution in [0.2, 0.25) is 0 Å². The Balaban J connectivity index is 1.66. The molecule has 4 rings (SSSR count). The SMILES string of the molecule is C=CC(/C(=C\C=C/C)CC(=C)[C@H]1CC[C@@H]2C(C1)C(=O)CCC2(C)F)=C(/C)c1ccc(C(=O)C(C=N)C2=C=CC=CC(C(F)(F)F)=C2)cc1OCC. The maximum absolute atomic E-state index is 15.3. The molecule has 51 heavy (non-hydrogen) atoms. The Labute approximate surface area is 298 Å². The molecule has 0 aromatic heterocycles. The van der Waals surface area contributed by atoms with Crippen molar-refractivity contribution in [1.82, 2.24) is 0 Å². The van der Waals surface area contributed by atoms with Crippen molar-refractivity contribution >= 4 is 23.4 Å². The molecule has 0 heterocycles. The molecule has 3 aliphatic carbocycles. The molecule has 1 N–H and O–H groups in total. The third kappa shape index (κ3) is 9.04. The van der Waals surface area contributed by atoms with Gasteiger partial charge in [0.05, 0.1) is 18.1 Å². The number of carbonyl (C=O) groups is 2. The van der Waals surface area contributed by atoms with Gasteiger partial charge in [-0.15, -0.1) is 5.73 Å². The van der Waals surface area contributed by atoms with Gasteiger partial charge in [0.1, 0.15) is 17.2 Å². The fourth-order valence-electron chi connectivity index (χ4n) is 7.53. The number of hydrogen-bond donors (Lipinski definition) is 1. The van der Waals surface area contributed by atoms with E-state index in [2.05, 4.69) is 18.9 Å². The zero-order valence-corrected chi connectivity index (χ0v) is 29.8. The second-order valence-electron chi connectivity index (χ2n) is 13.6. The Morgan fingerprint density at radius 2 is 2.00 bits per heavy atom. The molecule has 270 valence electrons. The van der Waals surface area contributed by atoms with Crippen molar-refractivity contribution < 1.29 is 31.9 Å². The Morgan fingerprint density at radius 3 is 2.65 bits per heavy atom. The van der Waals surface area contributed by atoms with Crippen LogP contribution in [0.5, 0.6) is 5.75 Å². The zero-order chi connectivity index (χ0) is 37.5. The summed E-state index contributed by atoms with van der Waals surface area (Å²) in [6.45, 7) is 16.1. The van der Waals surface area contributed by atoms with E-state index in [0.717, 1.165) is 47.1 Å². The van der Waals surface area contributed by atoms with Gasteiger partial charge in [-0.1, -0.05) is 61.2 Å². The molecule has 4 nitrogen and oxygen atoms in total. The van der Waals surface area contributed by atoms with Gasteiger partial charge in [-0.25, -0.2) is 4.39 Å². The van der Waals surface area contributed by atoms with Crippen LogP contribution in [0, 0.1) is 29.1 Å². The summed E-state index contributed by atoms with van der Waals surface area (Å²) in [7, 11) is 0. The van der Waals surface area contributed by atoms with Gasteiger partial charge in [0, 0.05) is 41.2 Å². The minimum atomic E-state index is -4.63. The van der Waals surface area contributed by atoms with Crippen molar-refractivity contribution in [2.75, 3.05) is 6.61 Å². The molecule has 1 aromatic rings. The summed E-state index contributed by atoms with van der Waals surface area (Å²) in [5.74, 6) is -1.78. The topological polar surface area (TPSA) is 67.2 Å². The van der Waals surface area contributed by atoms with Crippen LogP contribution in [0.25, 0.3) is 5.57 Å². The summed E-state index contributed by atoms with van der Waals surface area (Å²) in [5, 5.41) is 7.95. The third-order valence-corrected chi connectivity index (χ3v) is 10.4. The molecule has 1 aromatic carbocycles. The quantitative estimate of drug-likeness (QED) is 0.0556. The van der Waals surface area contributed by atoms with Crippen LogP contribution < -0.4 is 4.74 Å². The van der Waals surface area contributed by atoms with Crippen molar-refractivity contribution in [2.24, 2.45) is 23.7 Å². The number of ether oxygens (including phenoxy) is 1. The Hall–Kier alpha value is -4.55. The van der Waals surface area contributed by atoms with Crippen molar-refractivity contribution in [2.45, 2.75) is 78.1 Å². The van der Waals surface area contributed by atoms with Gasteiger partial charge in [-0.05, 0) is 107 Å². The number of ketones is 2. The number of halogens is 4. The zero-order valence-electron chi connectivity index (χ0n) is 29.8. The van der Waals surface area contributed by atoms with Crippen molar-refractivity contribution in [3.63, 3.8) is 0 Å². The van der Waals surface area contributed by atoms with Gasteiger partial charge in [-0.3, -0.25) is 9.59 Å². The summed E-state index contributed by atoms with van der Waals surface area (Å²) < 4.78 is 62.0. The van der Waals surface area contributed by atoms with Gasteiger partial charge in [0.25, 0.3) is 0 Å². The van der Waals surface area contributed by atoms with Gasteiger partial charge >= 0.3 is 6.18 Å². The predicted molar refractivity (Wildman–Crippen MR) is 197 cm³/mol. The van der Waals surface area contributed by atoms with Crippen molar-refractivity contribution in [3.8, 4) is 5.75 Å². The molecule has 5 atom stereocenters. The second kappa shape index (κ2) is 16.6. The average Bonchev–Trinajstić information content (AvgIpc) is 3.36. The molecule has 3 aliphatic rings. The number of benzene rings is 1. The minimum absolute atomic E-state index is 0.0709. The number of Topliss-reactive ketones (excluding diaryl/α,β-unsaturated/α-hetero) is 2. The molecule has 2 saturated carbocycles. The van der Waals surface area contributed by atoms with E-state index >= 15 is 4.39 Å². The van der Waals surface area contributed by atoms with Crippen LogP contribution >= 0.6 is 0 Å². The maximum Gasteiger partial charge on any atom is 0.416 e. The van der Waals surface area contributed by atoms with Gasteiger partial charge in [0.2, 0.25) is 0 Å². The largest absolute Gasteiger partial charge is 0.493 e. The lowest BCUT2D eigenvalue weighted by Crippen LogP contribution is -2.47. The number of hydrogen-bond acceptors (Lipinski definition) is 4. The van der Waals surface area contributed by atoms with E-state index < -0.39 is 29.1 Å². The average molecular weight is 702 g/mol. The monoisotopic (exact) mass is 701 g/mol. The summed E-state index contributed by atoms with van der Waals surface area (Å²) >= 11 is 0. The van der Waals surface area contributed by atoms with Crippen molar-refractivity contribution in [1.29, 1.82) is 5.41 Å². The lowest BCUT2D eigenvalue weighted by atomic mass is 9.60. The lowest BCUT2D eigenvalue weighted by molar-refractivity contribution is -0.136. The maximum atomic E-state index is 15.3. The highest BCUT2D eigenvalue weighted by atomic mass is 19.4. The first kappa shape index (κ1) is 39.2. The lowest BCUT2D eigenvalue weighted by Gasteiger charge is -2.45. The normalized spacial score (nSPS) is 24.9. The molecule has 0 amide bonds. The highest BCUT2D eigenvalue weighted by molar-refractivity contribution is 6.08. The highest BCUT2D eigenvalue weighted by Crippen LogP contribution is 2.50. The minimum Gasteiger partial charge on any atom is -0.493 e. The number of alkyl halides is 4. The van der Waals surface area contributed by atoms with E-state index in [0.29, 0.717) is 30.6 Å². The van der Waals surface area contributed by atoms with Crippen LogP contribution in [0.3, 0.4) is 0 Å². The fraction of sp³-hybridized carbons (Fsp3) is 0.395. The number of nitrogens with one attached hydrogen (secondary N) is 1. The van der Waals surface area contributed by atoms with E-state index in [9.17, 15) is 22.8 Å². The van der Waals surface area contributed by atoms with E-state index in [4.69, 9.17) is 10.1 Å². The van der Waals surface area contributed by atoms with Crippen molar-refractivity contribution in [3.05, 3.63) is 125 Å². The standard InChI is InChI=1S/C43H47F4NO3/c1-7-10-13-30(22-27(4)29-17-19-38-36(24-29)39(49)20-21-42(38,6)44)34(8-2)28(5)35-18-16-32(25-40(35)51-9-3)41(50)37(26-48)31-14-11-12-15-33(23-31)43(45,46)47/h7-8,10-13,15-16,18,23,25-26,29,36-38,48H,2,4,9,17,19-22,24H2,1,3,5-6H3/b10-7-,30-13-,34-28+,48-26?/t29-,36?,37?,38+,42?/m0/s1. The second-order valence-corrected chi connectivity index (χ2v) is 13.6. The van der Waals surface area contributed by atoms with Crippen LogP contribution in [0.15, 0.2) is 114 Å². The number of allylic oxidation sites excluding steroid dienone is 13. The number of rotatable bonds is 13. The van der Waals surface area contributed by atoms with Gasteiger partial charge in [-0.2, -0.15) is 13.2 Å². The summed E-state index contributed by atoms with van der Waals surface area (Å²) in [6.07, 6.45) is 11.1. The molecule has 8 heteroatoms. The first-order valence-electron chi connectivity index (χ1n) is 17.5. The van der Waals surface area contributed by atoms with Gasteiger partial charge < -0.3 is 10.1 Å².